The number of fused-ring (bicyclic) bond motifs is 2. The van der Waals surface area contributed by atoms with Crippen molar-refractivity contribution < 1.29 is 9.15 Å². The fourth-order valence-electron chi connectivity index (χ4n) is 3.45. The predicted octanol–water partition coefficient (Wildman–Crippen LogP) is 4.05. The van der Waals surface area contributed by atoms with Gasteiger partial charge in [-0.1, -0.05) is 41.9 Å². The molecule has 5 rings (SSSR count). The Hall–Kier alpha value is -4.02. The molecule has 0 aromatic heterocycles. The van der Waals surface area contributed by atoms with Crippen LogP contribution in [-0.4, -0.2) is 9.78 Å². The number of hydrogen-bond donors (Lipinski definition) is 1. The standard InChI is InChI=1S/C22H13ClN4O3/c23-14-7-5-12(6-8-14)15-10-19(30-20(25)17(15)11-24)27-22(28)16-9-13-3-1-2-4-18(13)29-21(16)26-27/h1-10,15H,25H2. The number of rotatable bonds is 2. The molecule has 2 aromatic rings. The van der Waals surface area contributed by atoms with E-state index >= 15 is 0 Å². The van der Waals surface area contributed by atoms with Gasteiger partial charge in [-0.05, 0) is 35.9 Å². The van der Waals surface area contributed by atoms with E-state index in [-0.39, 0.29) is 23.2 Å². The van der Waals surface area contributed by atoms with E-state index in [1.54, 1.807) is 42.5 Å². The van der Waals surface area contributed by atoms with Gasteiger partial charge in [0, 0.05) is 16.3 Å². The number of nitrogens with zero attached hydrogens (tertiary/aromatic N) is 3. The first-order valence-electron chi connectivity index (χ1n) is 9.02. The lowest BCUT2D eigenvalue weighted by molar-refractivity contribution is 0.326. The van der Waals surface area contributed by atoms with Crippen LogP contribution < -0.4 is 11.3 Å². The zero-order valence-electron chi connectivity index (χ0n) is 15.4. The highest BCUT2D eigenvalue weighted by Crippen LogP contribution is 2.35. The van der Waals surface area contributed by atoms with Gasteiger partial charge < -0.3 is 14.9 Å². The summed E-state index contributed by atoms with van der Waals surface area (Å²) in [5, 5.41) is 15.2. The Kier molecular flexibility index (Phi) is 4.09. The maximum atomic E-state index is 13.0. The highest BCUT2D eigenvalue weighted by Gasteiger charge is 2.29. The monoisotopic (exact) mass is 416 g/mol. The van der Waals surface area contributed by atoms with Crippen LogP contribution in [0.3, 0.4) is 0 Å². The van der Waals surface area contributed by atoms with Gasteiger partial charge >= 0.3 is 0 Å². The Morgan fingerprint density at radius 2 is 1.93 bits per heavy atom. The van der Waals surface area contributed by atoms with E-state index in [1.807, 2.05) is 18.2 Å². The average Bonchev–Trinajstić information content (AvgIpc) is 3.07. The van der Waals surface area contributed by atoms with Crippen molar-refractivity contribution in [3.05, 3.63) is 93.1 Å². The first-order valence-corrected chi connectivity index (χ1v) is 9.40. The minimum atomic E-state index is -0.515. The molecule has 0 saturated heterocycles. The fraction of sp³-hybridized carbons (Fsp3) is 0.0455. The number of benzene rings is 2. The van der Waals surface area contributed by atoms with Crippen molar-refractivity contribution in [3.63, 3.8) is 0 Å². The summed E-state index contributed by atoms with van der Waals surface area (Å²) in [6, 6.07) is 18.2. The quantitative estimate of drug-likeness (QED) is 0.528. The molecule has 30 heavy (non-hydrogen) atoms. The summed E-state index contributed by atoms with van der Waals surface area (Å²) in [5.41, 5.74) is 7.53. The smallest absolute Gasteiger partial charge is 0.287 e. The van der Waals surface area contributed by atoms with Crippen molar-refractivity contribution in [1.29, 1.82) is 5.26 Å². The molecular weight excluding hydrogens is 404 g/mol. The molecule has 0 saturated carbocycles. The van der Waals surface area contributed by atoms with Crippen molar-refractivity contribution >= 4 is 28.5 Å². The summed E-state index contributed by atoms with van der Waals surface area (Å²) < 4.78 is 12.4. The van der Waals surface area contributed by atoms with Crippen molar-refractivity contribution in [3.8, 4) is 17.5 Å². The van der Waals surface area contributed by atoms with Crippen LogP contribution in [0, 0.1) is 11.3 Å². The van der Waals surface area contributed by atoms with Crippen LogP contribution in [0.4, 0.5) is 0 Å². The summed E-state index contributed by atoms with van der Waals surface area (Å²) in [4.78, 5) is 13.0. The largest absolute Gasteiger partial charge is 0.436 e. The van der Waals surface area contributed by atoms with Crippen molar-refractivity contribution in [2.75, 3.05) is 0 Å². The van der Waals surface area contributed by atoms with Crippen molar-refractivity contribution in [2.45, 2.75) is 5.92 Å². The lowest BCUT2D eigenvalue weighted by Gasteiger charge is -2.22. The molecule has 1 atom stereocenters. The summed E-state index contributed by atoms with van der Waals surface area (Å²) >= 11 is 5.98. The SMILES string of the molecule is N#CC1=C(N)OC(n2nc3oc4ccccc4cc-3c2=O)=CC1c1ccc(Cl)cc1. The van der Waals surface area contributed by atoms with Gasteiger partial charge in [-0.3, -0.25) is 4.79 Å². The van der Waals surface area contributed by atoms with Gasteiger partial charge in [0.25, 0.3) is 5.56 Å². The van der Waals surface area contributed by atoms with Crippen LogP contribution in [0.2, 0.25) is 5.02 Å². The lowest BCUT2D eigenvalue weighted by Crippen LogP contribution is -2.23. The molecule has 3 heterocycles. The molecule has 0 radical (unpaired) electrons. The van der Waals surface area contributed by atoms with Crippen LogP contribution in [-0.2, 0) is 4.74 Å². The normalized spacial score (nSPS) is 16.4. The van der Waals surface area contributed by atoms with Gasteiger partial charge in [0.15, 0.2) is 0 Å². The van der Waals surface area contributed by atoms with Gasteiger partial charge in [0.2, 0.25) is 17.7 Å². The molecule has 3 aliphatic rings. The molecule has 0 fully saturated rings. The maximum Gasteiger partial charge on any atom is 0.287 e. The molecular formula is C22H13ClN4O3. The first-order chi connectivity index (χ1) is 14.5. The molecule has 0 amide bonds. The molecule has 146 valence electrons. The van der Waals surface area contributed by atoms with Gasteiger partial charge in [0.1, 0.15) is 22.8 Å². The summed E-state index contributed by atoms with van der Waals surface area (Å²) in [7, 11) is 0. The van der Waals surface area contributed by atoms with Gasteiger partial charge in [-0.15, -0.1) is 5.10 Å². The molecule has 8 heteroatoms. The number of halogens is 1. The van der Waals surface area contributed by atoms with Crippen LogP contribution in [0.1, 0.15) is 11.5 Å². The number of allylic oxidation sites excluding steroid dienone is 2. The Labute approximate surface area is 175 Å². The molecule has 2 N–H and O–H groups in total. The summed E-state index contributed by atoms with van der Waals surface area (Å²) in [6.07, 6.45) is 1.63. The number of nitriles is 1. The molecule has 0 aliphatic carbocycles. The number of ether oxygens (including phenoxy) is 1. The maximum absolute atomic E-state index is 13.0. The zero-order chi connectivity index (χ0) is 20.8. The Bertz CT molecular complexity index is 1420. The van der Waals surface area contributed by atoms with Crippen molar-refractivity contribution in [2.24, 2.45) is 5.73 Å². The van der Waals surface area contributed by atoms with E-state index < -0.39 is 11.5 Å². The predicted molar refractivity (Wildman–Crippen MR) is 111 cm³/mol. The van der Waals surface area contributed by atoms with E-state index in [4.69, 9.17) is 26.5 Å². The van der Waals surface area contributed by atoms with Crippen LogP contribution in [0.15, 0.2) is 81.3 Å². The zero-order valence-corrected chi connectivity index (χ0v) is 16.1. The topological polar surface area (TPSA) is 107 Å². The molecule has 0 bridgehead atoms. The second-order valence-corrected chi connectivity index (χ2v) is 7.18. The lowest BCUT2D eigenvalue weighted by atomic mass is 9.90. The highest BCUT2D eigenvalue weighted by molar-refractivity contribution is 6.30. The van der Waals surface area contributed by atoms with Crippen LogP contribution in [0.5, 0.6) is 0 Å². The second-order valence-electron chi connectivity index (χ2n) is 6.75. The van der Waals surface area contributed by atoms with E-state index in [1.165, 1.54) is 0 Å². The molecule has 3 aliphatic heterocycles. The van der Waals surface area contributed by atoms with E-state index in [0.29, 0.717) is 16.2 Å². The minimum absolute atomic E-state index is 0.0870. The second kappa shape index (κ2) is 6.79. The van der Waals surface area contributed by atoms with Gasteiger partial charge in [-0.25, -0.2) is 0 Å². The van der Waals surface area contributed by atoms with Gasteiger partial charge in [0.05, 0.1) is 0 Å². The average molecular weight is 417 g/mol. The summed E-state index contributed by atoms with van der Waals surface area (Å²) in [5.74, 6) is -0.318. The molecule has 7 nitrogen and oxygen atoms in total. The summed E-state index contributed by atoms with van der Waals surface area (Å²) in [6.45, 7) is 0. The highest BCUT2D eigenvalue weighted by atomic mass is 35.5. The Morgan fingerprint density at radius 1 is 1.17 bits per heavy atom. The number of aromatic nitrogens is 2. The number of nitrogens with two attached hydrogens (primary N) is 1. The third-order valence-corrected chi connectivity index (χ3v) is 5.18. The van der Waals surface area contributed by atoms with Crippen LogP contribution in [0.25, 0.3) is 28.3 Å². The Balaban J connectivity index is 1.67. The van der Waals surface area contributed by atoms with Gasteiger partial charge in [-0.2, -0.15) is 9.94 Å². The van der Waals surface area contributed by atoms with Crippen molar-refractivity contribution in [1.82, 2.24) is 9.78 Å². The Morgan fingerprint density at radius 3 is 2.70 bits per heavy atom. The molecule has 0 spiro atoms. The molecule has 2 aromatic carbocycles. The minimum Gasteiger partial charge on any atom is -0.436 e. The number of hydrogen-bond acceptors (Lipinski definition) is 6. The van der Waals surface area contributed by atoms with E-state index in [9.17, 15) is 10.1 Å². The number of para-hydroxylation sites is 1. The van der Waals surface area contributed by atoms with E-state index in [0.717, 1.165) is 15.6 Å². The molecule has 1 unspecified atom stereocenters. The van der Waals surface area contributed by atoms with E-state index in [2.05, 4.69) is 11.2 Å². The van der Waals surface area contributed by atoms with Crippen LogP contribution >= 0.6 is 11.6 Å². The first kappa shape index (κ1) is 18.0. The fourth-order valence-corrected chi connectivity index (χ4v) is 3.57. The third-order valence-electron chi connectivity index (χ3n) is 4.93. The third kappa shape index (κ3) is 2.82.